The summed E-state index contributed by atoms with van der Waals surface area (Å²) in [5, 5.41) is 0.902. The number of pyridine rings is 1. The summed E-state index contributed by atoms with van der Waals surface area (Å²) in [6.07, 6.45) is 0. The molecule has 2 N–H and O–H groups in total. The van der Waals surface area contributed by atoms with Crippen molar-refractivity contribution in [3.63, 3.8) is 0 Å². The molecule has 3 aromatic rings. The van der Waals surface area contributed by atoms with E-state index in [0.717, 1.165) is 48.2 Å². The van der Waals surface area contributed by atoms with Gasteiger partial charge in [0.1, 0.15) is 5.56 Å². The zero-order chi connectivity index (χ0) is 20.5. The Kier molecular flexibility index (Phi) is 5.11. The second-order valence-electron chi connectivity index (χ2n) is 7.78. The Balaban J connectivity index is 1.99. The number of piperazine rings is 1. The number of primary amides is 1. The van der Waals surface area contributed by atoms with Crippen LogP contribution in [0.15, 0.2) is 53.3 Å². The molecule has 6 heteroatoms. The van der Waals surface area contributed by atoms with Crippen molar-refractivity contribution in [2.24, 2.45) is 5.73 Å². The molecule has 6 nitrogen and oxygen atoms in total. The highest BCUT2D eigenvalue weighted by atomic mass is 16.2. The van der Waals surface area contributed by atoms with Crippen LogP contribution in [0.3, 0.4) is 0 Å². The number of anilines is 1. The van der Waals surface area contributed by atoms with Crippen LogP contribution in [0.25, 0.3) is 10.9 Å². The summed E-state index contributed by atoms with van der Waals surface area (Å²) in [7, 11) is 2.08. The second kappa shape index (κ2) is 7.72. The number of nitrogens with two attached hydrogens (primary N) is 1. The van der Waals surface area contributed by atoms with Crippen molar-refractivity contribution in [3.8, 4) is 0 Å². The van der Waals surface area contributed by atoms with Crippen LogP contribution in [0.4, 0.5) is 5.69 Å². The lowest BCUT2D eigenvalue weighted by molar-refractivity contribution is 0.0999. The highest BCUT2D eigenvalue weighted by molar-refractivity contribution is 6.07. The van der Waals surface area contributed by atoms with Gasteiger partial charge in [-0.25, -0.2) is 0 Å². The fourth-order valence-electron chi connectivity index (χ4n) is 4.06. The first-order chi connectivity index (χ1) is 14.0. The fourth-order valence-corrected chi connectivity index (χ4v) is 4.06. The number of carbonyl (C=O) groups excluding carboxylic acids is 1. The number of benzene rings is 2. The van der Waals surface area contributed by atoms with Gasteiger partial charge in [-0.05, 0) is 31.7 Å². The molecule has 4 rings (SSSR count). The van der Waals surface area contributed by atoms with E-state index in [9.17, 15) is 9.59 Å². The third-order valence-corrected chi connectivity index (χ3v) is 5.64. The van der Waals surface area contributed by atoms with E-state index in [0.29, 0.717) is 12.2 Å². The predicted molar refractivity (Wildman–Crippen MR) is 117 cm³/mol. The highest BCUT2D eigenvalue weighted by Gasteiger charge is 2.26. The van der Waals surface area contributed by atoms with Gasteiger partial charge in [0.15, 0.2) is 0 Å². The van der Waals surface area contributed by atoms with Crippen molar-refractivity contribution in [1.29, 1.82) is 0 Å². The van der Waals surface area contributed by atoms with Gasteiger partial charge in [0.2, 0.25) is 0 Å². The lowest BCUT2D eigenvalue weighted by Crippen LogP contribution is -2.46. The molecule has 0 radical (unpaired) electrons. The number of nitrogens with zero attached hydrogens (tertiary/aromatic N) is 3. The topological polar surface area (TPSA) is 71.6 Å². The normalized spacial score (nSPS) is 15.0. The standard InChI is InChI=1S/C23H26N4O2/c1-16-8-9-19-18(14-16)21(26-12-10-25(2)11-13-26)20(22(24)28)23(29)27(19)15-17-6-4-3-5-7-17/h3-9,14H,10-13,15H2,1-2H3,(H2,24,28). The van der Waals surface area contributed by atoms with Gasteiger partial charge in [-0.15, -0.1) is 0 Å². The molecule has 0 bridgehead atoms. The molecule has 0 saturated carbocycles. The third-order valence-electron chi connectivity index (χ3n) is 5.64. The van der Waals surface area contributed by atoms with Crippen molar-refractivity contribution < 1.29 is 4.79 Å². The molecular formula is C23H26N4O2. The number of amides is 1. The van der Waals surface area contributed by atoms with Crippen molar-refractivity contribution in [3.05, 3.63) is 75.6 Å². The molecule has 2 heterocycles. The molecule has 1 fully saturated rings. The van der Waals surface area contributed by atoms with Gasteiger partial charge in [0.25, 0.3) is 11.5 Å². The number of hydrogen-bond donors (Lipinski definition) is 1. The maximum atomic E-state index is 13.5. The molecule has 1 aromatic heterocycles. The summed E-state index contributed by atoms with van der Waals surface area (Å²) in [5.41, 5.74) is 9.09. The second-order valence-corrected chi connectivity index (χ2v) is 7.78. The Hall–Kier alpha value is -3.12. The lowest BCUT2D eigenvalue weighted by atomic mass is 10.0. The summed E-state index contributed by atoms with van der Waals surface area (Å²) in [5.74, 6) is -0.672. The zero-order valence-electron chi connectivity index (χ0n) is 16.9. The van der Waals surface area contributed by atoms with Crippen molar-refractivity contribution in [1.82, 2.24) is 9.47 Å². The zero-order valence-corrected chi connectivity index (χ0v) is 16.9. The monoisotopic (exact) mass is 390 g/mol. The molecule has 0 atom stereocenters. The Labute approximate surface area is 170 Å². The maximum Gasteiger partial charge on any atom is 0.266 e. The predicted octanol–water partition coefficient (Wildman–Crippen LogP) is 2.21. The van der Waals surface area contributed by atoms with E-state index in [1.807, 2.05) is 49.4 Å². The van der Waals surface area contributed by atoms with E-state index in [4.69, 9.17) is 5.73 Å². The fraction of sp³-hybridized carbons (Fsp3) is 0.304. The molecule has 1 aliphatic heterocycles. The van der Waals surface area contributed by atoms with E-state index < -0.39 is 5.91 Å². The summed E-state index contributed by atoms with van der Waals surface area (Å²) in [4.78, 5) is 30.3. The van der Waals surface area contributed by atoms with Gasteiger partial charge in [-0.3, -0.25) is 9.59 Å². The van der Waals surface area contributed by atoms with Gasteiger partial charge >= 0.3 is 0 Å². The van der Waals surface area contributed by atoms with Crippen molar-refractivity contribution >= 4 is 22.5 Å². The van der Waals surface area contributed by atoms with Crippen LogP contribution >= 0.6 is 0 Å². The average Bonchev–Trinajstić information content (AvgIpc) is 2.71. The number of aryl methyl sites for hydroxylation is 1. The molecule has 0 spiro atoms. The van der Waals surface area contributed by atoms with Gasteiger partial charge in [0, 0.05) is 31.6 Å². The summed E-state index contributed by atoms with van der Waals surface area (Å²) in [6.45, 7) is 5.66. The summed E-state index contributed by atoms with van der Waals surface area (Å²) < 4.78 is 1.67. The number of rotatable bonds is 4. The molecule has 150 valence electrons. The van der Waals surface area contributed by atoms with Crippen molar-refractivity contribution in [2.45, 2.75) is 13.5 Å². The number of hydrogen-bond acceptors (Lipinski definition) is 4. The minimum atomic E-state index is -0.672. The number of carbonyl (C=O) groups is 1. The first-order valence-electron chi connectivity index (χ1n) is 9.90. The minimum Gasteiger partial charge on any atom is -0.368 e. The first-order valence-corrected chi connectivity index (χ1v) is 9.90. The van der Waals surface area contributed by atoms with Gasteiger partial charge in [-0.2, -0.15) is 0 Å². The van der Waals surface area contributed by atoms with Crippen LogP contribution in [-0.4, -0.2) is 48.6 Å². The van der Waals surface area contributed by atoms with E-state index in [-0.39, 0.29) is 11.1 Å². The Morgan fingerprint density at radius 2 is 1.72 bits per heavy atom. The molecule has 1 amide bonds. The Bertz CT molecular complexity index is 1110. The summed E-state index contributed by atoms with van der Waals surface area (Å²) in [6, 6.07) is 15.8. The van der Waals surface area contributed by atoms with Gasteiger partial charge < -0.3 is 20.1 Å². The Morgan fingerprint density at radius 3 is 2.38 bits per heavy atom. The Morgan fingerprint density at radius 1 is 1.03 bits per heavy atom. The van der Waals surface area contributed by atoms with E-state index in [1.54, 1.807) is 4.57 Å². The smallest absolute Gasteiger partial charge is 0.266 e. The summed E-state index contributed by atoms with van der Waals surface area (Å²) >= 11 is 0. The van der Waals surface area contributed by atoms with E-state index in [2.05, 4.69) is 22.9 Å². The molecule has 29 heavy (non-hydrogen) atoms. The quantitative estimate of drug-likeness (QED) is 0.741. The molecule has 0 aliphatic carbocycles. The number of likely N-dealkylation sites (N-methyl/N-ethyl adjacent to an activating group) is 1. The van der Waals surface area contributed by atoms with Crippen molar-refractivity contribution in [2.75, 3.05) is 38.1 Å². The van der Waals surface area contributed by atoms with Crippen LogP contribution in [-0.2, 0) is 6.54 Å². The maximum absolute atomic E-state index is 13.5. The lowest BCUT2D eigenvalue weighted by Gasteiger charge is -2.35. The van der Waals surface area contributed by atoms with Gasteiger partial charge in [0.05, 0.1) is 17.7 Å². The van der Waals surface area contributed by atoms with Crippen LogP contribution in [0.1, 0.15) is 21.5 Å². The van der Waals surface area contributed by atoms with E-state index >= 15 is 0 Å². The van der Waals surface area contributed by atoms with Crippen LogP contribution < -0.4 is 16.2 Å². The molecule has 1 saturated heterocycles. The first kappa shape index (κ1) is 19.2. The average molecular weight is 390 g/mol. The van der Waals surface area contributed by atoms with Crippen LogP contribution in [0.2, 0.25) is 0 Å². The number of fused-ring (bicyclic) bond motifs is 1. The SMILES string of the molecule is Cc1ccc2c(c1)c(N1CCN(C)CC1)c(C(N)=O)c(=O)n2Cc1ccccc1. The minimum absolute atomic E-state index is 0.0867. The van der Waals surface area contributed by atoms with Crippen LogP contribution in [0.5, 0.6) is 0 Å². The largest absolute Gasteiger partial charge is 0.368 e. The molecule has 2 aromatic carbocycles. The molecule has 1 aliphatic rings. The van der Waals surface area contributed by atoms with Crippen LogP contribution in [0, 0.1) is 6.92 Å². The third kappa shape index (κ3) is 3.63. The van der Waals surface area contributed by atoms with E-state index in [1.165, 1.54) is 0 Å². The molecule has 0 unspecified atom stereocenters. The van der Waals surface area contributed by atoms with Gasteiger partial charge in [-0.1, -0.05) is 42.0 Å². The molecular weight excluding hydrogens is 364 g/mol. The number of aromatic nitrogens is 1. The highest BCUT2D eigenvalue weighted by Crippen LogP contribution is 2.31.